The number of carbonyl (C=O) groups excluding carboxylic acids is 3. The van der Waals surface area contributed by atoms with Crippen LogP contribution in [0.3, 0.4) is 0 Å². The fourth-order valence-corrected chi connectivity index (χ4v) is 5.64. The maximum Gasteiger partial charge on any atom is 0.411 e. The lowest BCUT2D eigenvalue weighted by Gasteiger charge is -2.27. The number of aromatic nitrogens is 4. The summed E-state index contributed by atoms with van der Waals surface area (Å²) < 4.78 is 7.06. The molecule has 1 aliphatic heterocycles. The summed E-state index contributed by atoms with van der Waals surface area (Å²) in [6.07, 6.45) is 2.23. The predicted octanol–water partition coefficient (Wildman–Crippen LogP) is 3.13. The number of amides is 3. The third-order valence-corrected chi connectivity index (χ3v) is 7.50. The van der Waals surface area contributed by atoms with E-state index in [1.165, 1.54) is 13.4 Å². The van der Waals surface area contributed by atoms with Gasteiger partial charge in [-0.05, 0) is 65.0 Å². The number of fused-ring (bicyclic) bond motifs is 4. The summed E-state index contributed by atoms with van der Waals surface area (Å²) in [5.41, 5.74) is 7.89. The molecule has 0 radical (unpaired) electrons. The molecule has 4 aromatic rings. The lowest BCUT2D eigenvalue weighted by molar-refractivity contribution is -0.138. The first-order valence-electron chi connectivity index (χ1n) is 12.0. The molecule has 1 aliphatic carbocycles. The number of ether oxygens (including phenoxy) is 1. The first kappa shape index (κ1) is 24.1. The molecule has 1 unspecified atom stereocenters. The highest BCUT2D eigenvalue weighted by Crippen LogP contribution is 2.48. The Morgan fingerprint density at radius 1 is 1.16 bits per heavy atom. The molecule has 1 saturated heterocycles. The number of rotatable bonds is 5. The van der Waals surface area contributed by atoms with E-state index in [1.54, 1.807) is 45.9 Å². The fourth-order valence-electron chi connectivity index (χ4n) is 5.30. The summed E-state index contributed by atoms with van der Waals surface area (Å²) in [6.45, 7) is -0.0393. The molecule has 4 heterocycles. The second-order valence-corrected chi connectivity index (χ2v) is 10.2. The number of nitrogens with two attached hydrogens (primary N) is 1. The van der Waals surface area contributed by atoms with Crippen LogP contribution in [0.4, 0.5) is 22.1 Å². The number of nitrogens with zero attached hydrogens (tertiary/aromatic N) is 5. The number of pyridine rings is 1. The summed E-state index contributed by atoms with van der Waals surface area (Å²) in [5.74, 6) is 0.536. The van der Waals surface area contributed by atoms with Gasteiger partial charge in [0.2, 0.25) is 11.8 Å². The predicted molar refractivity (Wildman–Crippen MR) is 143 cm³/mol. The van der Waals surface area contributed by atoms with E-state index in [-0.39, 0.29) is 30.2 Å². The number of benzene rings is 1. The zero-order valence-corrected chi connectivity index (χ0v) is 21.8. The Morgan fingerprint density at radius 2 is 2.00 bits per heavy atom. The monoisotopic (exact) mass is 578 g/mol. The summed E-state index contributed by atoms with van der Waals surface area (Å²) in [7, 11) is 1.28. The molecule has 3 amide bonds. The highest BCUT2D eigenvalue weighted by Gasteiger charge is 2.56. The topological polar surface area (TPSA) is 157 Å². The Kier molecular flexibility index (Phi) is 5.86. The van der Waals surface area contributed by atoms with Gasteiger partial charge in [-0.3, -0.25) is 14.9 Å². The highest BCUT2D eigenvalue weighted by atomic mass is 79.9. The molecular weight excluding hydrogens is 556 g/mol. The van der Waals surface area contributed by atoms with Crippen molar-refractivity contribution < 1.29 is 19.1 Å². The molecule has 0 bridgehead atoms. The van der Waals surface area contributed by atoms with Crippen molar-refractivity contribution >= 4 is 73.1 Å². The van der Waals surface area contributed by atoms with Gasteiger partial charge in [0.1, 0.15) is 40.8 Å². The third kappa shape index (κ3) is 4.18. The van der Waals surface area contributed by atoms with Gasteiger partial charge in [0.05, 0.1) is 18.0 Å². The average Bonchev–Trinajstić information content (AvgIpc) is 3.44. The maximum atomic E-state index is 13.7. The summed E-state index contributed by atoms with van der Waals surface area (Å²) in [4.78, 5) is 53.1. The molecule has 2 fully saturated rings. The zero-order chi connectivity index (χ0) is 26.6. The standard InChI is InChI=1S/C25H23BrN8O4/c1-38-25(37)30-13-5-6-15-14(9-13)21-22(27)28-11-29-23(21)33(15)10-20(35)34-16-7-12(16)8-17(34)24(36)32-19-4-2-3-18(26)31-19/h2-6,9,11-12,16-17H,7-8,10H2,1H3,(H,30,37)(H2,27,28,29)(H,31,32,36)/t12?,16-,17+/m1/s1. The summed E-state index contributed by atoms with van der Waals surface area (Å²) in [5, 5.41) is 6.73. The summed E-state index contributed by atoms with van der Waals surface area (Å²) >= 11 is 3.31. The maximum absolute atomic E-state index is 13.7. The molecule has 3 atom stereocenters. The largest absolute Gasteiger partial charge is 0.453 e. The van der Waals surface area contributed by atoms with Crippen LogP contribution < -0.4 is 16.4 Å². The van der Waals surface area contributed by atoms with Crippen LogP contribution in [0.15, 0.2) is 47.3 Å². The molecule has 12 nitrogen and oxygen atoms in total. The number of likely N-dealkylation sites (tertiary alicyclic amines) is 1. The summed E-state index contributed by atoms with van der Waals surface area (Å²) in [6, 6.07) is 9.93. The van der Waals surface area contributed by atoms with Gasteiger partial charge in [-0.2, -0.15) is 0 Å². The lowest BCUT2D eigenvalue weighted by Crippen LogP contribution is -2.46. The van der Waals surface area contributed by atoms with Crippen molar-refractivity contribution in [3.05, 3.63) is 47.3 Å². The van der Waals surface area contributed by atoms with E-state index in [0.29, 0.717) is 50.4 Å². The van der Waals surface area contributed by atoms with Crippen molar-refractivity contribution in [2.45, 2.75) is 31.5 Å². The molecule has 6 rings (SSSR count). The van der Waals surface area contributed by atoms with E-state index in [2.05, 4.69) is 46.3 Å². The van der Waals surface area contributed by atoms with Gasteiger partial charge in [-0.1, -0.05) is 6.07 Å². The Balaban J connectivity index is 1.32. The minimum atomic E-state index is -0.608. The van der Waals surface area contributed by atoms with Crippen molar-refractivity contribution in [3.63, 3.8) is 0 Å². The second kappa shape index (κ2) is 9.24. The number of nitrogen functional groups attached to an aromatic ring is 1. The Hall–Kier alpha value is -4.26. The van der Waals surface area contributed by atoms with Crippen LogP contribution >= 0.6 is 15.9 Å². The van der Waals surface area contributed by atoms with E-state index in [9.17, 15) is 14.4 Å². The van der Waals surface area contributed by atoms with Crippen LogP contribution in [0.2, 0.25) is 0 Å². The molecule has 0 spiro atoms. The molecule has 1 saturated carbocycles. The van der Waals surface area contributed by atoms with Crippen LogP contribution in [0.25, 0.3) is 21.9 Å². The molecular formula is C25H23BrN8O4. The zero-order valence-electron chi connectivity index (χ0n) is 20.2. The van der Waals surface area contributed by atoms with Gasteiger partial charge in [0, 0.05) is 17.1 Å². The molecule has 194 valence electrons. The smallest absolute Gasteiger partial charge is 0.411 e. The van der Waals surface area contributed by atoms with Crippen LogP contribution in [0.5, 0.6) is 0 Å². The number of methoxy groups -OCH3 is 1. The van der Waals surface area contributed by atoms with Gasteiger partial charge in [-0.25, -0.2) is 19.7 Å². The number of piperidine rings is 1. The van der Waals surface area contributed by atoms with E-state index < -0.39 is 12.1 Å². The third-order valence-electron chi connectivity index (χ3n) is 7.06. The van der Waals surface area contributed by atoms with Crippen molar-refractivity contribution in [2.75, 3.05) is 23.5 Å². The first-order valence-corrected chi connectivity index (χ1v) is 12.8. The van der Waals surface area contributed by atoms with Crippen LogP contribution in [0.1, 0.15) is 12.8 Å². The normalized spacial score (nSPS) is 19.8. The quantitative estimate of drug-likeness (QED) is 0.305. The van der Waals surface area contributed by atoms with Crippen LogP contribution in [0, 0.1) is 5.92 Å². The molecule has 1 aromatic carbocycles. The van der Waals surface area contributed by atoms with E-state index >= 15 is 0 Å². The molecule has 3 aromatic heterocycles. The van der Waals surface area contributed by atoms with E-state index in [1.807, 2.05) is 0 Å². The van der Waals surface area contributed by atoms with Gasteiger partial charge >= 0.3 is 6.09 Å². The van der Waals surface area contributed by atoms with Crippen LogP contribution in [-0.2, 0) is 20.9 Å². The van der Waals surface area contributed by atoms with Gasteiger partial charge in [0.15, 0.2) is 0 Å². The van der Waals surface area contributed by atoms with Gasteiger partial charge in [0.25, 0.3) is 0 Å². The molecule has 2 aliphatic rings. The lowest BCUT2D eigenvalue weighted by atomic mass is 10.1. The van der Waals surface area contributed by atoms with E-state index in [0.717, 1.165) is 6.42 Å². The number of carbonyl (C=O) groups is 3. The number of hydrogen-bond donors (Lipinski definition) is 3. The van der Waals surface area contributed by atoms with Crippen molar-refractivity contribution in [2.24, 2.45) is 5.92 Å². The number of hydrogen-bond acceptors (Lipinski definition) is 8. The second-order valence-electron chi connectivity index (χ2n) is 9.34. The van der Waals surface area contributed by atoms with Crippen molar-refractivity contribution in [3.8, 4) is 0 Å². The van der Waals surface area contributed by atoms with E-state index in [4.69, 9.17) is 5.73 Å². The number of halogens is 1. The fraction of sp³-hybridized carbons (Fsp3) is 0.280. The number of anilines is 3. The Labute approximate surface area is 224 Å². The molecule has 13 heteroatoms. The number of nitrogens with one attached hydrogen (secondary N) is 2. The average molecular weight is 579 g/mol. The van der Waals surface area contributed by atoms with Crippen LogP contribution in [-0.4, -0.2) is 61.5 Å². The minimum Gasteiger partial charge on any atom is -0.453 e. The van der Waals surface area contributed by atoms with Crippen molar-refractivity contribution in [1.82, 2.24) is 24.4 Å². The first-order chi connectivity index (χ1) is 18.3. The van der Waals surface area contributed by atoms with Gasteiger partial charge < -0.3 is 25.3 Å². The Bertz CT molecular complexity index is 1620. The van der Waals surface area contributed by atoms with Gasteiger partial charge in [-0.15, -0.1) is 0 Å². The molecule has 4 N–H and O–H groups in total. The highest BCUT2D eigenvalue weighted by molar-refractivity contribution is 9.10. The Morgan fingerprint density at radius 3 is 2.79 bits per heavy atom. The SMILES string of the molecule is COC(=O)Nc1ccc2c(c1)c1c(N)ncnc1n2CC(=O)N1[C@@H]2CC2C[C@H]1C(=O)Nc1cccc(Br)n1. The minimum absolute atomic E-state index is 0.0392. The molecule has 38 heavy (non-hydrogen) atoms. The van der Waals surface area contributed by atoms with Crippen molar-refractivity contribution in [1.29, 1.82) is 0 Å².